The maximum Gasteiger partial charge on any atom is 0.391 e. The molecule has 0 unspecified atom stereocenters. The lowest BCUT2D eigenvalue weighted by molar-refractivity contribution is -0.182. The predicted octanol–water partition coefficient (Wildman–Crippen LogP) is 4.70. The molecule has 0 spiro atoms. The number of esters is 1. The van der Waals surface area contributed by atoms with Crippen molar-refractivity contribution in [2.24, 2.45) is 5.92 Å². The second-order valence-corrected chi connectivity index (χ2v) is 5.43. The van der Waals surface area contributed by atoms with Gasteiger partial charge in [0.2, 0.25) is 0 Å². The maximum atomic E-state index is 12.6. The van der Waals surface area contributed by atoms with Crippen molar-refractivity contribution in [2.75, 3.05) is 6.61 Å². The maximum absolute atomic E-state index is 12.6. The van der Waals surface area contributed by atoms with Crippen LogP contribution in [0.1, 0.15) is 54.4 Å². The quantitative estimate of drug-likeness (QED) is 0.756. The van der Waals surface area contributed by atoms with E-state index in [9.17, 15) is 18.0 Å². The summed E-state index contributed by atoms with van der Waals surface area (Å²) in [5.74, 6) is -1.38. The number of hydrogen-bond acceptors (Lipinski definition) is 2. The number of alkyl halides is 3. The Morgan fingerprint density at radius 3 is 2.19 bits per heavy atom. The minimum absolute atomic E-state index is 0.153. The Labute approximate surface area is 122 Å². The second-order valence-electron chi connectivity index (χ2n) is 5.43. The molecule has 5 heteroatoms. The summed E-state index contributed by atoms with van der Waals surface area (Å²) in [6.45, 7) is 2.06. The van der Waals surface area contributed by atoms with Crippen LogP contribution in [-0.4, -0.2) is 18.8 Å². The second kappa shape index (κ2) is 6.50. The molecule has 21 heavy (non-hydrogen) atoms. The molecule has 1 aromatic rings. The average molecular weight is 300 g/mol. The predicted molar refractivity (Wildman–Crippen MR) is 73.2 cm³/mol. The van der Waals surface area contributed by atoms with E-state index in [0.717, 1.165) is 5.56 Å². The highest BCUT2D eigenvalue weighted by Crippen LogP contribution is 2.42. The van der Waals surface area contributed by atoms with Crippen LogP contribution in [0, 0.1) is 5.92 Å². The molecule has 1 saturated carbocycles. The lowest BCUT2D eigenvalue weighted by atomic mass is 9.78. The Morgan fingerprint density at radius 1 is 1.14 bits per heavy atom. The molecule has 2 rings (SSSR count). The van der Waals surface area contributed by atoms with Crippen LogP contribution in [0.5, 0.6) is 0 Å². The fourth-order valence-corrected chi connectivity index (χ4v) is 2.86. The molecule has 0 aliphatic heterocycles. The summed E-state index contributed by atoms with van der Waals surface area (Å²) >= 11 is 0. The third kappa shape index (κ3) is 3.99. The van der Waals surface area contributed by atoms with Gasteiger partial charge in [0.1, 0.15) is 0 Å². The molecule has 0 aromatic heterocycles. The van der Waals surface area contributed by atoms with Crippen LogP contribution in [-0.2, 0) is 4.74 Å². The first-order valence-electron chi connectivity index (χ1n) is 7.25. The van der Waals surface area contributed by atoms with E-state index in [0.29, 0.717) is 25.0 Å². The van der Waals surface area contributed by atoms with Gasteiger partial charge in [-0.05, 0) is 56.2 Å². The molecule has 2 nitrogen and oxygen atoms in total. The summed E-state index contributed by atoms with van der Waals surface area (Å²) < 4.78 is 42.8. The minimum atomic E-state index is -4.07. The van der Waals surface area contributed by atoms with Gasteiger partial charge in [-0.25, -0.2) is 4.79 Å². The van der Waals surface area contributed by atoms with E-state index in [2.05, 4.69) is 0 Å². The molecule has 0 heterocycles. The molecule has 0 amide bonds. The zero-order valence-electron chi connectivity index (χ0n) is 12.0. The molecule has 0 atom stereocenters. The smallest absolute Gasteiger partial charge is 0.391 e. The summed E-state index contributed by atoms with van der Waals surface area (Å²) in [7, 11) is 0. The fraction of sp³-hybridized carbons (Fsp3) is 0.562. The van der Waals surface area contributed by atoms with Crippen molar-refractivity contribution < 1.29 is 22.7 Å². The lowest BCUT2D eigenvalue weighted by Gasteiger charge is -2.30. The fourth-order valence-electron chi connectivity index (χ4n) is 2.86. The summed E-state index contributed by atoms with van der Waals surface area (Å²) in [5.41, 5.74) is 1.48. The van der Waals surface area contributed by atoms with Gasteiger partial charge in [-0.3, -0.25) is 0 Å². The van der Waals surface area contributed by atoms with Crippen LogP contribution < -0.4 is 0 Å². The van der Waals surface area contributed by atoms with Crippen LogP contribution in [0.25, 0.3) is 0 Å². The van der Waals surface area contributed by atoms with Crippen molar-refractivity contribution in [3.63, 3.8) is 0 Å². The van der Waals surface area contributed by atoms with Gasteiger partial charge in [0.25, 0.3) is 0 Å². The van der Waals surface area contributed by atoms with Crippen molar-refractivity contribution in [2.45, 2.75) is 44.7 Å². The Kier molecular flexibility index (Phi) is 4.91. The highest BCUT2D eigenvalue weighted by molar-refractivity contribution is 5.89. The number of carbonyl (C=O) groups is 1. The highest BCUT2D eigenvalue weighted by atomic mass is 19.4. The molecule has 0 bridgehead atoms. The average Bonchev–Trinajstić information content (AvgIpc) is 2.47. The Balaban J connectivity index is 1.96. The van der Waals surface area contributed by atoms with Gasteiger partial charge in [0.05, 0.1) is 18.1 Å². The van der Waals surface area contributed by atoms with Crippen LogP contribution in [0.2, 0.25) is 0 Å². The zero-order chi connectivity index (χ0) is 15.5. The third-order valence-corrected chi connectivity index (χ3v) is 4.08. The largest absolute Gasteiger partial charge is 0.462 e. The van der Waals surface area contributed by atoms with Gasteiger partial charge in [0, 0.05) is 0 Å². The van der Waals surface area contributed by atoms with Crippen molar-refractivity contribution in [3.05, 3.63) is 35.4 Å². The van der Waals surface area contributed by atoms with Gasteiger partial charge in [-0.15, -0.1) is 0 Å². The molecule has 1 aliphatic rings. The van der Waals surface area contributed by atoms with E-state index in [4.69, 9.17) is 4.74 Å². The number of rotatable bonds is 3. The molecular weight excluding hydrogens is 281 g/mol. The molecule has 1 fully saturated rings. The van der Waals surface area contributed by atoms with E-state index >= 15 is 0 Å². The van der Waals surface area contributed by atoms with Gasteiger partial charge in [-0.2, -0.15) is 13.2 Å². The van der Waals surface area contributed by atoms with Crippen LogP contribution in [0.4, 0.5) is 13.2 Å². The van der Waals surface area contributed by atoms with E-state index in [1.54, 1.807) is 19.1 Å². The molecule has 1 aliphatic carbocycles. The minimum Gasteiger partial charge on any atom is -0.462 e. The van der Waals surface area contributed by atoms with Crippen molar-refractivity contribution in [1.29, 1.82) is 0 Å². The lowest BCUT2D eigenvalue weighted by Crippen LogP contribution is -2.27. The van der Waals surface area contributed by atoms with Crippen molar-refractivity contribution >= 4 is 5.97 Å². The highest BCUT2D eigenvalue weighted by Gasteiger charge is 2.41. The van der Waals surface area contributed by atoms with Gasteiger partial charge < -0.3 is 4.74 Å². The SMILES string of the molecule is CCOC(=O)c1ccc(C2CCC(C(F)(F)F)CC2)cc1. The molecule has 0 N–H and O–H groups in total. The molecule has 0 saturated heterocycles. The zero-order valence-corrected chi connectivity index (χ0v) is 12.0. The Hall–Kier alpha value is -1.52. The number of ether oxygens (including phenoxy) is 1. The Morgan fingerprint density at radius 2 is 1.71 bits per heavy atom. The first-order valence-corrected chi connectivity index (χ1v) is 7.25. The van der Waals surface area contributed by atoms with Gasteiger partial charge in [-0.1, -0.05) is 12.1 Å². The van der Waals surface area contributed by atoms with Crippen molar-refractivity contribution in [1.82, 2.24) is 0 Å². The van der Waals surface area contributed by atoms with Crippen LogP contribution >= 0.6 is 0 Å². The first-order chi connectivity index (χ1) is 9.91. The summed E-state index contributed by atoms with van der Waals surface area (Å²) in [4.78, 5) is 11.5. The Bertz CT molecular complexity index is 471. The van der Waals surface area contributed by atoms with E-state index in [1.807, 2.05) is 12.1 Å². The number of benzene rings is 1. The molecule has 116 valence electrons. The number of hydrogen-bond donors (Lipinski definition) is 0. The van der Waals surface area contributed by atoms with E-state index < -0.39 is 12.1 Å². The third-order valence-electron chi connectivity index (χ3n) is 4.08. The van der Waals surface area contributed by atoms with Gasteiger partial charge in [0.15, 0.2) is 0 Å². The molecule has 0 radical (unpaired) electrons. The van der Waals surface area contributed by atoms with E-state index in [1.165, 1.54) is 0 Å². The monoisotopic (exact) mass is 300 g/mol. The molecular formula is C16H19F3O2. The number of halogens is 3. The normalized spacial score (nSPS) is 22.9. The summed E-state index contributed by atoms with van der Waals surface area (Å²) in [6, 6.07) is 7.02. The summed E-state index contributed by atoms with van der Waals surface area (Å²) in [5, 5.41) is 0. The first kappa shape index (κ1) is 15.9. The van der Waals surface area contributed by atoms with Crippen LogP contribution in [0.15, 0.2) is 24.3 Å². The van der Waals surface area contributed by atoms with Gasteiger partial charge >= 0.3 is 12.1 Å². The number of carbonyl (C=O) groups excluding carboxylic acids is 1. The summed E-state index contributed by atoms with van der Waals surface area (Å²) in [6.07, 6.45) is -2.60. The topological polar surface area (TPSA) is 26.3 Å². The van der Waals surface area contributed by atoms with Crippen LogP contribution in [0.3, 0.4) is 0 Å². The van der Waals surface area contributed by atoms with Crippen molar-refractivity contribution in [3.8, 4) is 0 Å². The standard InChI is InChI=1S/C16H19F3O2/c1-2-21-15(20)13-5-3-11(4-6-13)12-7-9-14(10-8-12)16(17,18)19/h3-6,12,14H,2,7-10H2,1H3. The molecule has 1 aromatic carbocycles. The van der Waals surface area contributed by atoms with E-state index in [-0.39, 0.29) is 24.7 Å².